The van der Waals surface area contributed by atoms with Gasteiger partial charge in [-0.25, -0.2) is 14.8 Å². The first-order chi connectivity index (χ1) is 9.22. The first kappa shape index (κ1) is 13.1. The highest BCUT2D eigenvalue weighted by molar-refractivity contribution is 5.89. The highest BCUT2D eigenvalue weighted by atomic mass is 16.5. The molecule has 0 bridgehead atoms. The lowest BCUT2D eigenvalue weighted by atomic mass is 10.2. The van der Waals surface area contributed by atoms with Crippen molar-refractivity contribution in [3.8, 4) is 0 Å². The number of methoxy groups -OCH3 is 1. The summed E-state index contributed by atoms with van der Waals surface area (Å²) in [7, 11) is 1.34. The van der Waals surface area contributed by atoms with Crippen LogP contribution in [0.4, 0.5) is 5.82 Å². The van der Waals surface area contributed by atoms with Gasteiger partial charge in [-0.3, -0.25) is 0 Å². The molecule has 2 heterocycles. The summed E-state index contributed by atoms with van der Waals surface area (Å²) in [5.41, 5.74) is 0.446. The Morgan fingerprint density at radius 1 is 1.47 bits per heavy atom. The average molecular weight is 261 g/mol. The zero-order chi connectivity index (χ0) is 13.7. The van der Waals surface area contributed by atoms with E-state index in [-0.39, 0.29) is 0 Å². The van der Waals surface area contributed by atoms with Gasteiger partial charge in [0.25, 0.3) is 0 Å². The summed E-state index contributed by atoms with van der Waals surface area (Å²) >= 11 is 0. The standard InChI is InChI=1S/C13H15N3O3/c1-3-10-7-16-12(19-10)8-15-11-6-9(4-5-14-11)13(17)18-2/h4-7H,3,8H2,1-2H3,(H,14,15). The first-order valence-corrected chi connectivity index (χ1v) is 5.94. The van der Waals surface area contributed by atoms with E-state index >= 15 is 0 Å². The molecule has 0 amide bonds. The second kappa shape index (κ2) is 5.99. The fraction of sp³-hybridized carbons (Fsp3) is 0.308. The lowest BCUT2D eigenvalue weighted by Crippen LogP contribution is -2.05. The smallest absolute Gasteiger partial charge is 0.338 e. The molecule has 0 aliphatic rings. The molecule has 2 rings (SSSR count). The van der Waals surface area contributed by atoms with Crippen LogP contribution in [-0.2, 0) is 17.7 Å². The fourth-order valence-electron chi connectivity index (χ4n) is 1.53. The van der Waals surface area contributed by atoms with Crippen LogP contribution in [-0.4, -0.2) is 23.0 Å². The lowest BCUT2D eigenvalue weighted by Gasteiger charge is -2.04. The topological polar surface area (TPSA) is 77.2 Å². The zero-order valence-corrected chi connectivity index (χ0v) is 10.8. The molecule has 0 aromatic carbocycles. The third-order valence-corrected chi connectivity index (χ3v) is 2.55. The molecular formula is C13H15N3O3. The summed E-state index contributed by atoms with van der Waals surface area (Å²) in [4.78, 5) is 19.6. The quantitative estimate of drug-likeness (QED) is 0.830. The van der Waals surface area contributed by atoms with E-state index in [1.165, 1.54) is 7.11 Å². The molecule has 0 aliphatic heterocycles. The van der Waals surface area contributed by atoms with E-state index in [1.807, 2.05) is 6.92 Å². The minimum atomic E-state index is -0.394. The summed E-state index contributed by atoms with van der Waals surface area (Å²) in [6.45, 7) is 2.41. The number of anilines is 1. The Labute approximate surface area is 110 Å². The van der Waals surface area contributed by atoms with Crippen molar-refractivity contribution in [1.82, 2.24) is 9.97 Å². The Morgan fingerprint density at radius 3 is 3.00 bits per heavy atom. The Kier molecular flexibility index (Phi) is 4.12. The number of rotatable bonds is 5. The van der Waals surface area contributed by atoms with Crippen molar-refractivity contribution in [2.45, 2.75) is 19.9 Å². The number of ether oxygens (including phenoxy) is 1. The van der Waals surface area contributed by atoms with Crippen LogP contribution < -0.4 is 5.32 Å². The van der Waals surface area contributed by atoms with Crippen molar-refractivity contribution >= 4 is 11.8 Å². The fourth-order valence-corrected chi connectivity index (χ4v) is 1.53. The van der Waals surface area contributed by atoms with Gasteiger partial charge in [0.15, 0.2) is 0 Å². The Bertz CT molecular complexity index is 566. The van der Waals surface area contributed by atoms with Gasteiger partial charge < -0.3 is 14.5 Å². The molecular weight excluding hydrogens is 246 g/mol. The molecule has 0 radical (unpaired) electrons. The van der Waals surface area contributed by atoms with E-state index in [0.717, 1.165) is 12.2 Å². The van der Waals surface area contributed by atoms with Crippen LogP contribution in [0.15, 0.2) is 28.9 Å². The lowest BCUT2D eigenvalue weighted by molar-refractivity contribution is 0.0600. The Hall–Kier alpha value is -2.37. The van der Waals surface area contributed by atoms with Crippen molar-refractivity contribution in [1.29, 1.82) is 0 Å². The van der Waals surface area contributed by atoms with Gasteiger partial charge >= 0.3 is 5.97 Å². The van der Waals surface area contributed by atoms with E-state index < -0.39 is 5.97 Å². The number of oxazole rings is 1. The first-order valence-electron chi connectivity index (χ1n) is 5.94. The number of carbonyl (C=O) groups is 1. The van der Waals surface area contributed by atoms with Crippen LogP contribution >= 0.6 is 0 Å². The van der Waals surface area contributed by atoms with Crippen molar-refractivity contribution in [3.05, 3.63) is 41.7 Å². The molecule has 100 valence electrons. The van der Waals surface area contributed by atoms with Crippen molar-refractivity contribution < 1.29 is 13.9 Å². The van der Waals surface area contributed by atoms with Crippen LogP contribution in [0.3, 0.4) is 0 Å². The largest absolute Gasteiger partial charge is 0.465 e. The SMILES string of the molecule is CCc1cnc(CNc2cc(C(=O)OC)ccn2)o1. The molecule has 2 aromatic heterocycles. The number of nitrogens with zero attached hydrogens (tertiary/aromatic N) is 2. The zero-order valence-electron chi connectivity index (χ0n) is 10.8. The highest BCUT2D eigenvalue weighted by Crippen LogP contribution is 2.10. The third kappa shape index (κ3) is 3.31. The maximum Gasteiger partial charge on any atom is 0.338 e. The number of nitrogens with one attached hydrogen (secondary N) is 1. The van der Waals surface area contributed by atoms with Gasteiger partial charge in [-0.15, -0.1) is 0 Å². The van der Waals surface area contributed by atoms with Crippen LogP contribution in [0.2, 0.25) is 0 Å². The average Bonchev–Trinajstić information content (AvgIpc) is 2.92. The Morgan fingerprint density at radius 2 is 2.32 bits per heavy atom. The maximum absolute atomic E-state index is 11.4. The molecule has 0 aliphatic carbocycles. The molecule has 0 saturated heterocycles. The summed E-state index contributed by atoms with van der Waals surface area (Å²) in [6, 6.07) is 3.22. The number of aryl methyl sites for hydroxylation is 1. The normalized spacial score (nSPS) is 10.2. The molecule has 1 N–H and O–H groups in total. The summed E-state index contributed by atoms with van der Waals surface area (Å²) < 4.78 is 10.1. The van der Waals surface area contributed by atoms with Gasteiger partial charge in [-0.1, -0.05) is 6.92 Å². The molecule has 6 heteroatoms. The Balaban J connectivity index is 2.01. The minimum absolute atomic E-state index is 0.394. The second-order valence-corrected chi connectivity index (χ2v) is 3.85. The van der Waals surface area contributed by atoms with Crippen LogP contribution in [0, 0.1) is 0 Å². The van der Waals surface area contributed by atoms with Crippen LogP contribution in [0.25, 0.3) is 0 Å². The van der Waals surface area contributed by atoms with E-state index in [0.29, 0.717) is 23.8 Å². The highest BCUT2D eigenvalue weighted by Gasteiger charge is 2.07. The molecule has 0 atom stereocenters. The van der Waals surface area contributed by atoms with Gasteiger partial charge in [-0.05, 0) is 12.1 Å². The van der Waals surface area contributed by atoms with Gasteiger partial charge in [0.1, 0.15) is 11.6 Å². The van der Waals surface area contributed by atoms with E-state index in [1.54, 1.807) is 24.5 Å². The monoisotopic (exact) mass is 261 g/mol. The van der Waals surface area contributed by atoms with Gasteiger partial charge in [0, 0.05) is 12.6 Å². The number of aromatic nitrogens is 2. The molecule has 6 nitrogen and oxygen atoms in total. The third-order valence-electron chi connectivity index (χ3n) is 2.55. The van der Waals surface area contributed by atoms with Gasteiger partial charge in [0.05, 0.1) is 25.4 Å². The second-order valence-electron chi connectivity index (χ2n) is 3.85. The maximum atomic E-state index is 11.4. The number of hydrogen-bond acceptors (Lipinski definition) is 6. The summed E-state index contributed by atoms with van der Waals surface area (Å²) in [5.74, 6) is 1.60. The van der Waals surface area contributed by atoms with E-state index in [4.69, 9.17) is 4.42 Å². The van der Waals surface area contributed by atoms with E-state index in [9.17, 15) is 4.79 Å². The van der Waals surface area contributed by atoms with Crippen LogP contribution in [0.5, 0.6) is 0 Å². The van der Waals surface area contributed by atoms with E-state index in [2.05, 4.69) is 20.0 Å². The molecule has 2 aromatic rings. The van der Waals surface area contributed by atoms with Crippen molar-refractivity contribution in [2.24, 2.45) is 0 Å². The summed E-state index contributed by atoms with van der Waals surface area (Å²) in [5, 5.41) is 3.04. The van der Waals surface area contributed by atoms with Crippen molar-refractivity contribution in [2.75, 3.05) is 12.4 Å². The molecule has 0 unspecified atom stereocenters. The molecule has 0 saturated carbocycles. The van der Waals surface area contributed by atoms with Gasteiger partial charge in [0.2, 0.25) is 5.89 Å². The molecule has 19 heavy (non-hydrogen) atoms. The van der Waals surface area contributed by atoms with Crippen LogP contribution in [0.1, 0.15) is 28.9 Å². The number of carbonyl (C=O) groups excluding carboxylic acids is 1. The number of pyridine rings is 1. The predicted molar refractivity (Wildman–Crippen MR) is 68.8 cm³/mol. The number of esters is 1. The number of hydrogen-bond donors (Lipinski definition) is 1. The van der Waals surface area contributed by atoms with Gasteiger partial charge in [-0.2, -0.15) is 0 Å². The molecule has 0 spiro atoms. The predicted octanol–water partition coefficient (Wildman–Crippen LogP) is 2.03. The minimum Gasteiger partial charge on any atom is -0.465 e. The summed E-state index contributed by atoms with van der Waals surface area (Å²) in [6.07, 6.45) is 4.06. The molecule has 0 fully saturated rings. The van der Waals surface area contributed by atoms with Crippen molar-refractivity contribution in [3.63, 3.8) is 0 Å².